The number of sulfonamides is 1. The molecule has 4 nitrogen and oxygen atoms in total. The van der Waals surface area contributed by atoms with Crippen molar-refractivity contribution in [3.05, 3.63) is 29.8 Å². The number of alkyl halides is 4. The summed E-state index contributed by atoms with van der Waals surface area (Å²) in [7, 11) is -4.25. The Morgan fingerprint density at radius 1 is 1.20 bits per heavy atom. The highest BCUT2D eigenvalue weighted by Crippen LogP contribution is 2.22. The second-order valence-electron chi connectivity index (χ2n) is 4.07. The van der Waals surface area contributed by atoms with Crippen LogP contribution in [-0.2, 0) is 16.4 Å². The predicted octanol–water partition coefficient (Wildman–Crippen LogP) is 1.37. The van der Waals surface area contributed by atoms with Gasteiger partial charge >= 0.3 is 12.3 Å². The first-order valence-electron chi connectivity index (χ1n) is 5.63. The number of nitrogens with two attached hydrogens (primary N) is 1. The molecule has 0 saturated carbocycles. The second kappa shape index (κ2) is 6.51. The van der Waals surface area contributed by atoms with Crippen molar-refractivity contribution in [3.63, 3.8) is 0 Å². The molecular weight excluding hydrogens is 300 g/mol. The van der Waals surface area contributed by atoms with Gasteiger partial charge in [0.1, 0.15) is 0 Å². The third-order valence-electron chi connectivity index (χ3n) is 2.48. The van der Waals surface area contributed by atoms with Crippen molar-refractivity contribution in [2.45, 2.75) is 23.7 Å². The van der Waals surface area contributed by atoms with Gasteiger partial charge < -0.3 is 5.73 Å². The van der Waals surface area contributed by atoms with E-state index in [1.807, 2.05) is 0 Å². The predicted molar refractivity (Wildman–Crippen MR) is 65.3 cm³/mol. The van der Waals surface area contributed by atoms with Crippen LogP contribution in [0.2, 0.25) is 0 Å². The van der Waals surface area contributed by atoms with Crippen LogP contribution < -0.4 is 10.5 Å². The molecule has 3 N–H and O–H groups in total. The fourth-order valence-corrected chi connectivity index (χ4v) is 2.40. The van der Waals surface area contributed by atoms with E-state index in [9.17, 15) is 26.0 Å². The molecule has 0 heterocycles. The normalized spacial score (nSPS) is 12.9. The van der Waals surface area contributed by atoms with E-state index >= 15 is 0 Å². The van der Waals surface area contributed by atoms with Crippen molar-refractivity contribution < 1.29 is 26.0 Å². The van der Waals surface area contributed by atoms with E-state index in [1.165, 1.54) is 29.0 Å². The van der Waals surface area contributed by atoms with Gasteiger partial charge in [-0.1, -0.05) is 12.1 Å². The maximum absolute atomic E-state index is 12.7. The van der Waals surface area contributed by atoms with Gasteiger partial charge in [-0.2, -0.15) is 8.78 Å². The van der Waals surface area contributed by atoms with Gasteiger partial charge in [0.05, 0.1) is 11.4 Å². The lowest BCUT2D eigenvalue weighted by Crippen LogP contribution is -2.41. The molecule has 20 heavy (non-hydrogen) atoms. The summed E-state index contributed by atoms with van der Waals surface area (Å²) in [6.45, 7) is -1.28. The lowest BCUT2D eigenvalue weighted by atomic mass is 10.2. The molecule has 0 fully saturated rings. The molecule has 0 bridgehead atoms. The summed E-state index contributed by atoms with van der Waals surface area (Å²) in [4.78, 5) is -0.275. The third kappa shape index (κ3) is 4.43. The van der Waals surface area contributed by atoms with Crippen molar-refractivity contribution >= 4 is 10.0 Å². The van der Waals surface area contributed by atoms with Crippen LogP contribution in [0.1, 0.15) is 5.56 Å². The summed E-state index contributed by atoms with van der Waals surface area (Å²) in [5.74, 6) is -4.41. The Morgan fingerprint density at radius 3 is 2.20 bits per heavy atom. The number of rotatable bonds is 7. The average Bonchev–Trinajstić information content (AvgIpc) is 2.38. The van der Waals surface area contributed by atoms with Crippen LogP contribution in [0.3, 0.4) is 0 Å². The Hall–Kier alpha value is -1.19. The van der Waals surface area contributed by atoms with Gasteiger partial charge in [0.25, 0.3) is 0 Å². The molecule has 0 saturated heterocycles. The SMILES string of the molecule is NCCc1ccc(S(=O)(=O)NCC(F)(F)C(F)F)cc1. The van der Waals surface area contributed by atoms with Gasteiger partial charge in [0.2, 0.25) is 10.0 Å². The molecule has 0 aromatic heterocycles. The second-order valence-corrected chi connectivity index (χ2v) is 5.84. The first-order valence-corrected chi connectivity index (χ1v) is 7.12. The highest BCUT2D eigenvalue weighted by atomic mass is 32.2. The minimum absolute atomic E-state index is 0.275. The number of benzene rings is 1. The van der Waals surface area contributed by atoms with Crippen molar-refractivity contribution in [2.24, 2.45) is 5.73 Å². The van der Waals surface area contributed by atoms with Crippen LogP contribution in [-0.4, -0.2) is 33.9 Å². The molecular formula is C11H14F4N2O2S. The molecule has 114 valence electrons. The van der Waals surface area contributed by atoms with E-state index in [-0.39, 0.29) is 4.90 Å². The lowest BCUT2D eigenvalue weighted by molar-refractivity contribution is -0.122. The molecule has 0 amide bonds. The monoisotopic (exact) mass is 314 g/mol. The summed E-state index contributed by atoms with van der Waals surface area (Å²) in [5, 5.41) is 0. The van der Waals surface area contributed by atoms with Gasteiger partial charge in [-0.05, 0) is 30.7 Å². The van der Waals surface area contributed by atoms with Crippen LogP contribution >= 0.6 is 0 Å². The van der Waals surface area contributed by atoms with Gasteiger partial charge in [-0.15, -0.1) is 0 Å². The van der Waals surface area contributed by atoms with Crippen LogP contribution in [0.5, 0.6) is 0 Å². The summed E-state index contributed by atoms with van der Waals surface area (Å²) in [6.07, 6.45) is -3.39. The zero-order valence-electron chi connectivity index (χ0n) is 10.3. The average molecular weight is 314 g/mol. The van der Waals surface area contributed by atoms with Crippen molar-refractivity contribution in [1.82, 2.24) is 4.72 Å². The molecule has 0 atom stereocenters. The summed E-state index contributed by atoms with van der Waals surface area (Å²) in [6, 6.07) is 5.36. The van der Waals surface area contributed by atoms with E-state index in [0.29, 0.717) is 13.0 Å². The van der Waals surface area contributed by atoms with Crippen molar-refractivity contribution in [2.75, 3.05) is 13.1 Å². The molecule has 0 spiro atoms. The Morgan fingerprint density at radius 2 is 1.75 bits per heavy atom. The molecule has 0 aliphatic heterocycles. The Balaban J connectivity index is 2.79. The molecule has 0 aliphatic carbocycles. The number of hydrogen-bond acceptors (Lipinski definition) is 3. The van der Waals surface area contributed by atoms with Crippen LogP contribution in [0.15, 0.2) is 29.2 Å². The zero-order valence-corrected chi connectivity index (χ0v) is 11.1. The van der Waals surface area contributed by atoms with Crippen molar-refractivity contribution in [3.8, 4) is 0 Å². The molecule has 0 unspecified atom stereocenters. The van der Waals surface area contributed by atoms with Crippen LogP contribution in [0.4, 0.5) is 17.6 Å². The summed E-state index contributed by atoms with van der Waals surface area (Å²) in [5.41, 5.74) is 6.11. The van der Waals surface area contributed by atoms with E-state index in [2.05, 4.69) is 0 Å². The smallest absolute Gasteiger partial charge is 0.320 e. The topological polar surface area (TPSA) is 72.2 Å². The maximum atomic E-state index is 12.7. The molecule has 9 heteroatoms. The third-order valence-corrected chi connectivity index (χ3v) is 3.90. The minimum Gasteiger partial charge on any atom is -0.330 e. The van der Waals surface area contributed by atoms with Crippen LogP contribution in [0.25, 0.3) is 0 Å². The Kier molecular flexibility index (Phi) is 5.49. The molecule has 0 aliphatic rings. The van der Waals surface area contributed by atoms with E-state index < -0.39 is 28.9 Å². The summed E-state index contributed by atoms with van der Waals surface area (Å²) >= 11 is 0. The van der Waals surface area contributed by atoms with E-state index in [0.717, 1.165) is 5.56 Å². The van der Waals surface area contributed by atoms with Gasteiger partial charge in [-0.25, -0.2) is 21.9 Å². The summed E-state index contributed by atoms with van der Waals surface area (Å²) < 4.78 is 74.0. The van der Waals surface area contributed by atoms with Gasteiger partial charge in [0.15, 0.2) is 0 Å². The highest BCUT2D eigenvalue weighted by molar-refractivity contribution is 7.89. The first kappa shape index (κ1) is 16.9. The van der Waals surface area contributed by atoms with Gasteiger partial charge in [0, 0.05) is 0 Å². The zero-order chi connectivity index (χ0) is 15.4. The molecule has 1 rings (SSSR count). The number of halogens is 4. The molecule has 1 aromatic carbocycles. The van der Waals surface area contributed by atoms with Gasteiger partial charge in [-0.3, -0.25) is 0 Å². The largest absolute Gasteiger partial charge is 0.330 e. The maximum Gasteiger partial charge on any atom is 0.320 e. The standard InChI is InChI=1S/C11H14F4N2O2S/c12-10(13)11(14,15)7-17-20(18,19)9-3-1-8(2-4-9)5-6-16/h1-4,10,17H,5-7,16H2. The number of nitrogens with one attached hydrogen (secondary N) is 1. The van der Waals surface area contributed by atoms with Crippen molar-refractivity contribution in [1.29, 1.82) is 0 Å². The Labute approximate surface area is 114 Å². The fraction of sp³-hybridized carbons (Fsp3) is 0.455. The first-order chi connectivity index (χ1) is 9.19. The van der Waals surface area contributed by atoms with Crippen LogP contribution in [0, 0.1) is 0 Å². The highest BCUT2D eigenvalue weighted by Gasteiger charge is 2.41. The Bertz CT molecular complexity index is 532. The van der Waals surface area contributed by atoms with E-state index in [4.69, 9.17) is 5.73 Å². The quantitative estimate of drug-likeness (QED) is 0.747. The van der Waals surface area contributed by atoms with E-state index in [1.54, 1.807) is 0 Å². The lowest BCUT2D eigenvalue weighted by Gasteiger charge is -2.16. The number of hydrogen-bond donors (Lipinski definition) is 2. The molecule has 0 radical (unpaired) electrons. The minimum atomic E-state index is -4.41. The molecule has 1 aromatic rings. The fourth-order valence-electron chi connectivity index (χ4n) is 1.35.